The van der Waals surface area contributed by atoms with E-state index < -0.39 is 0 Å². The average Bonchev–Trinajstić information content (AvgIpc) is 2.97. The number of H-pyrrole nitrogens is 1. The zero-order valence-electron chi connectivity index (χ0n) is 15.2. The Morgan fingerprint density at radius 3 is 2.92 bits per heavy atom. The van der Waals surface area contributed by atoms with Crippen LogP contribution < -0.4 is 5.56 Å². The number of morpholine rings is 1. The molecule has 0 unspecified atom stereocenters. The summed E-state index contributed by atoms with van der Waals surface area (Å²) in [5, 5.41) is 4.46. The third kappa shape index (κ3) is 3.25. The molecule has 8 heteroatoms. The van der Waals surface area contributed by atoms with Crippen molar-refractivity contribution >= 4 is 5.65 Å². The van der Waals surface area contributed by atoms with Crippen LogP contribution in [0.15, 0.2) is 23.1 Å². The second kappa shape index (κ2) is 6.62. The van der Waals surface area contributed by atoms with E-state index in [1.54, 1.807) is 6.92 Å². The first kappa shape index (κ1) is 16.9. The fraction of sp³-hybridized carbons (Fsp3) is 0.444. The Balaban J connectivity index is 1.56. The van der Waals surface area contributed by atoms with Gasteiger partial charge in [0.2, 0.25) is 0 Å². The molecule has 0 aliphatic carbocycles. The van der Waals surface area contributed by atoms with E-state index in [0.717, 1.165) is 35.7 Å². The molecule has 26 heavy (non-hydrogen) atoms. The van der Waals surface area contributed by atoms with Gasteiger partial charge in [-0.3, -0.25) is 9.69 Å². The Kier molecular flexibility index (Phi) is 4.29. The lowest BCUT2D eigenvalue weighted by Crippen LogP contribution is -2.38. The minimum absolute atomic E-state index is 0.147. The van der Waals surface area contributed by atoms with Crippen molar-refractivity contribution in [1.82, 2.24) is 29.5 Å². The zero-order valence-corrected chi connectivity index (χ0v) is 15.2. The van der Waals surface area contributed by atoms with Gasteiger partial charge in [0.25, 0.3) is 5.56 Å². The molecule has 1 fully saturated rings. The van der Waals surface area contributed by atoms with Crippen molar-refractivity contribution in [2.75, 3.05) is 19.7 Å². The van der Waals surface area contributed by atoms with Gasteiger partial charge in [-0.1, -0.05) is 0 Å². The van der Waals surface area contributed by atoms with Gasteiger partial charge in [0.1, 0.15) is 11.9 Å². The summed E-state index contributed by atoms with van der Waals surface area (Å²) in [5.41, 5.74) is 4.58. The summed E-state index contributed by atoms with van der Waals surface area (Å²) in [6, 6.07) is 3.54. The van der Waals surface area contributed by atoms with E-state index >= 15 is 0 Å². The second-order valence-electron chi connectivity index (χ2n) is 6.79. The molecule has 1 saturated heterocycles. The van der Waals surface area contributed by atoms with Gasteiger partial charge < -0.3 is 9.72 Å². The Morgan fingerprint density at radius 1 is 1.27 bits per heavy atom. The quantitative estimate of drug-likeness (QED) is 0.763. The lowest BCUT2D eigenvalue weighted by Gasteiger charge is -2.32. The van der Waals surface area contributed by atoms with Gasteiger partial charge in [-0.15, -0.1) is 0 Å². The van der Waals surface area contributed by atoms with Crippen LogP contribution in [0.5, 0.6) is 0 Å². The van der Waals surface area contributed by atoms with Gasteiger partial charge in [-0.05, 0) is 26.8 Å². The highest BCUT2D eigenvalue weighted by molar-refractivity contribution is 5.47. The highest BCUT2D eigenvalue weighted by Crippen LogP contribution is 2.22. The third-order valence-corrected chi connectivity index (χ3v) is 4.61. The molecular formula is C18H22N6O2. The lowest BCUT2D eigenvalue weighted by atomic mass is 10.2. The molecule has 0 amide bonds. The number of nitrogens with zero attached hydrogens (tertiary/aromatic N) is 5. The summed E-state index contributed by atoms with van der Waals surface area (Å²) >= 11 is 0. The van der Waals surface area contributed by atoms with Gasteiger partial charge in [0, 0.05) is 42.7 Å². The van der Waals surface area contributed by atoms with Crippen molar-refractivity contribution in [2.45, 2.75) is 33.4 Å². The van der Waals surface area contributed by atoms with Crippen LogP contribution in [0.1, 0.15) is 34.6 Å². The number of hydrogen-bond acceptors (Lipinski definition) is 6. The molecule has 4 heterocycles. The molecule has 3 aromatic heterocycles. The van der Waals surface area contributed by atoms with Crippen molar-refractivity contribution < 1.29 is 4.74 Å². The number of fused-ring (bicyclic) bond motifs is 1. The SMILES string of the molecule is Cc1cc(C)n2ncc(CN3CCO[C@H](c4cc(=O)[nH]c(C)n4)C3)c2n1. The summed E-state index contributed by atoms with van der Waals surface area (Å²) in [5.74, 6) is 0.603. The number of ether oxygens (including phenoxy) is 1. The standard InChI is InChI=1S/C18H22N6O2/c1-11-6-12(2)24-18(20-11)14(8-19-24)9-23-4-5-26-16(10-23)15-7-17(25)22-13(3)21-15/h6-8,16H,4-5,9-10H2,1-3H3,(H,21,22,25)/t16-/m0/s1. The smallest absolute Gasteiger partial charge is 0.251 e. The van der Waals surface area contributed by atoms with Gasteiger partial charge in [-0.25, -0.2) is 14.5 Å². The lowest BCUT2D eigenvalue weighted by molar-refractivity contribution is -0.0350. The van der Waals surface area contributed by atoms with Crippen molar-refractivity contribution in [3.05, 3.63) is 57.2 Å². The summed E-state index contributed by atoms with van der Waals surface area (Å²) in [6.45, 7) is 8.64. The first-order valence-corrected chi connectivity index (χ1v) is 8.72. The minimum Gasteiger partial charge on any atom is -0.369 e. The molecule has 0 bridgehead atoms. The van der Waals surface area contributed by atoms with Crippen LogP contribution in [0.4, 0.5) is 0 Å². The number of aromatic amines is 1. The molecule has 1 aliphatic rings. The first-order valence-electron chi connectivity index (χ1n) is 8.72. The third-order valence-electron chi connectivity index (χ3n) is 4.61. The van der Waals surface area contributed by atoms with Crippen LogP contribution in [0.2, 0.25) is 0 Å². The topological polar surface area (TPSA) is 88.4 Å². The maximum absolute atomic E-state index is 11.7. The fourth-order valence-electron chi connectivity index (χ4n) is 3.46. The largest absolute Gasteiger partial charge is 0.369 e. The van der Waals surface area contributed by atoms with Crippen LogP contribution in [0.3, 0.4) is 0 Å². The molecule has 1 N–H and O–H groups in total. The fourth-order valence-corrected chi connectivity index (χ4v) is 3.46. The molecule has 0 aromatic carbocycles. The molecule has 4 rings (SSSR count). The Hall–Kier alpha value is -2.58. The van der Waals surface area contributed by atoms with Crippen LogP contribution >= 0.6 is 0 Å². The van der Waals surface area contributed by atoms with E-state index in [4.69, 9.17) is 4.74 Å². The predicted molar refractivity (Wildman–Crippen MR) is 96.0 cm³/mol. The number of rotatable bonds is 3. The van der Waals surface area contributed by atoms with E-state index in [0.29, 0.717) is 24.7 Å². The van der Waals surface area contributed by atoms with Crippen LogP contribution in [-0.4, -0.2) is 49.2 Å². The molecule has 3 aromatic rings. The predicted octanol–water partition coefficient (Wildman–Crippen LogP) is 1.31. The van der Waals surface area contributed by atoms with Crippen molar-refractivity contribution in [1.29, 1.82) is 0 Å². The highest BCUT2D eigenvalue weighted by atomic mass is 16.5. The summed E-state index contributed by atoms with van der Waals surface area (Å²) < 4.78 is 7.73. The normalized spacial score (nSPS) is 18.5. The van der Waals surface area contributed by atoms with E-state index in [9.17, 15) is 4.79 Å². The first-order chi connectivity index (χ1) is 12.5. The molecule has 1 aliphatic heterocycles. The highest BCUT2D eigenvalue weighted by Gasteiger charge is 2.24. The van der Waals surface area contributed by atoms with Gasteiger partial charge >= 0.3 is 0 Å². The summed E-state index contributed by atoms with van der Waals surface area (Å²) in [4.78, 5) is 25.8. The monoisotopic (exact) mass is 354 g/mol. The Labute approximate surface area is 150 Å². The second-order valence-corrected chi connectivity index (χ2v) is 6.79. The van der Waals surface area contributed by atoms with Crippen LogP contribution in [-0.2, 0) is 11.3 Å². The zero-order chi connectivity index (χ0) is 18.3. The van der Waals surface area contributed by atoms with Gasteiger partial charge in [0.05, 0.1) is 18.5 Å². The molecule has 0 radical (unpaired) electrons. The molecule has 0 saturated carbocycles. The molecule has 136 valence electrons. The van der Waals surface area contributed by atoms with Crippen LogP contribution in [0.25, 0.3) is 5.65 Å². The van der Waals surface area contributed by atoms with Gasteiger partial charge in [-0.2, -0.15) is 5.10 Å². The van der Waals surface area contributed by atoms with Crippen molar-refractivity contribution in [3.8, 4) is 0 Å². The molecule has 8 nitrogen and oxygen atoms in total. The van der Waals surface area contributed by atoms with Gasteiger partial charge in [0.15, 0.2) is 5.65 Å². The Bertz CT molecular complexity index is 1010. The Morgan fingerprint density at radius 2 is 2.12 bits per heavy atom. The molecular weight excluding hydrogens is 332 g/mol. The maximum atomic E-state index is 11.7. The maximum Gasteiger partial charge on any atom is 0.251 e. The molecule has 1 atom stereocenters. The number of nitrogens with one attached hydrogen (secondary N) is 1. The van der Waals surface area contributed by atoms with E-state index in [1.165, 1.54) is 6.07 Å². The number of aryl methyl sites for hydroxylation is 3. The number of aromatic nitrogens is 5. The average molecular weight is 354 g/mol. The van der Waals surface area contributed by atoms with E-state index in [-0.39, 0.29) is 11.7 Å². The number of hydrogen-bond donors (Lipinski definition) is 1. The summed E-state index contributed by atoms with van der Waals surface area (Å²) in [7, 11) is 0. The van der Waals surface area contributed by atoms with Crippen molar-refractivity contribution in [3.63, 3.8) is 0 Å². The minimum atomic E-state index is -0.206. The summed E-state index contributed by atoms with van der Waals surface area (Å²) in [6.07, 6.45) is 1.68. The molecule has 0 spiro atoms. The van der Waals surface area contributed by atoms with Crippen molar-refractivity contribution in [2.24, 2.45) is 0 Å². The van der Waals surface area contributed by atoms with Crippen LogP contribution in [0, 0.1) is 20.8 Å². The van der Waals surface area contributed by atoms with E-state index in [1.807, 2.05) is 30.6 Å². The van der Waals surface area contributed by atoms with E-state index in [2.05, 4.69) is 25.0 Å².